The molecule has 1 heterocycles. The van der Waals surface area contributed by atoms with E-state index in [-0.39, 0.29) is 17.7 Å². The van der Waals surface area contributed by atoms with Crippen LogP contribution in [0, 0.1) is 0 Å². The topological polar surface area (TPSA) is 58.2 Å². The SMILES string of the molecule is CSCC[C@H]1NC(=O)[C@@H]([C@@H](C)c2ccc3ccccc3c2)NC1=O. The fourth-order valence-corrected chi connectivity index (χ4v) is 3.59. The van der Waals surface area contributed by atoms with Crippen molar-refractivity contribution in [2.24, 2.45) is 0 Å². The minimum Gasteiger partial charge on any atom is -0.342 e. The molecule has 1 fully saturated rings. The molecule has 2 aromatic carbocycles. The normalized spacial score (nSPS) is 22.1. The van der Waals surface area contributed by atoms with E-state index in [0.29, 0.717) is 6.42 Å². The van der Waals surface area contributed by atoms with Gasteiger partial charge in [0.15, 0.2) is 0 Å². The van der Waals surface area contributed by atoms with E-state index in [0.717, 1.165) is 16.7 Å². The monoisotopic (exact) mass is 342 g/mol. The van der Waals surface area contributed by atoms with Crippen molar-refractivity contribution >= 4 is 34.3 Å². The summed E-state index contributed by atoms with van der Waals surface area (Å²) in [5.41, 5.74) is 1.05. The lowest BCUT2D eigenvalue weighted by Gasteiger charge is -2.33. The molecule has 2 aromatic rings. The Morgan fingerprint density at radius 2 is 1.79 bits per heavy atom. The summed E-state index contributed by atoms with van der Waals surface area (Å²) >= 11 is 1.67. The number of thioether (sulfide) groups is 1. The molecule has 1 aliphatic heterocycles. The molecule has 4 nitrogen and oxygen atoms in total. The van der Waals surface area contributed by atoms with E-state index < -0.39 is 12.1 Å². The highest BCUT2D eigenvalue weighted by molar-refractivity contribution is 7.98. The van der Waals surface area contributed by atoms with E-state index in [9.17, 15) is 9.59 Å². The van der Waals surface area contributed by atoms with Crippen LogP contribution in [0.2, 0.25) is 0 Å². The molecular formula is C19H22N2O2S. The number of piperazine rings is 1. The number of amides is 2. The van der Waals surface area contributed by atoms with Gasteiger partial charge in [0.2, 0.25) is 11.8 Å². The predicted octanol–water partition coefficient (Wildman–Crippen LogP) is 2.68. The second kappa shape index (κ2) is 7.26. The van der Waals surface area contributed by atoms with Crippen LogP contribution in [0.4, 0.5) is 0 Å². The highest BCUT2D eigenvalue weighted by Gasteiger charge is 2.36. The molecule has 3 atom stereocenters. The summed E-state index contributed by atoms with van der Waals surface area (Å²) < 4.78 is 0. The van der Waals surface area contributed by atoms with Crippen LogP contribution in [0.3, 0.4) is 0 Å². The number of hydrogen-bond donors (Lipinski definition) is 2. The van der Waals surface area contributed by atoms with E-state index in [4.69, 9.17) is 0 Å². The number of rotatable bonds is 5. The highest BCUT2D eigenvalue weighted by atomic mass is 32.2. The zero-order valence-electron chi connectivity index (χ0n) is 13.9. The fraction of sp³-hybridized carbons (Fsp3) is 0.368. The third kappa shape index (κ3) is 3.41. The number of nitrogens with one attached hydrogen (secondary N) is 2. The van der Waals surface area contributed by atoms with E-state index in [1.54, 1.807) is 11.8 Å². The smallest absolute Gasteiger partial charge is 0.243 e. The lowest BCUT2D eigenvalue weighted by molar-refractivity contribution is -0.137. The lowest BCUT2D eigenvalue weighted by atomic mass is 9.89. The number of benzene rings is 2. The summed E-state index contributed by atoms with van der Waals surface area (Å²) in [5.74, 6) is 0.589. The van der Waals surface area contributed by atoms with Crippen molar-refractivity contribution in [1.29, 1.82) is 0 Å². The molecule has 0 unspecified atom stereocenters. The molecular weight excluding hydrogens is 320 g/mol. The Hall–Kier alpha value is -2.01. The number of carbonyl (C=O) groups excluding carboxylic acids is 2. The first-order valence-corrected chi connectivity index (χ1v) is 9.58. The van der Waals surface area contributed by atoms with Crippen molar-refractivity contribution in [2.75, 3.05) is 12.0 Å². The van der Waals surface area contributed by atoms with Gasteiger partial charge in [-0.05, 0) is 34.8 Å². The maximum atomic E-state index is 12.5. The van der Waals surface area contributed by atoms with Gasteiger partial charge in [-0.15, -0.1) is 0 Å². The van der Waals surface area contributed by atoms with Crippen LogP contribution in [0.5, 0.6) is 0 Å². The maximum Gasteiger partial charge on any atom is 0.243 e. The van der Waals surface area contributed by atoms with Gasteiger partial charge < -0.3 is 10.6 Å². The first kappa shape index (κ1) is 16.8. The van der Waals surface area contributed by atoms with Crippen LogP contribution < -0.4 is 10.6 Å². The number of fused-ring (bicyclic) bond motifs is 1. The zero-order chi connectivity index (χ0) is 17.1. The van der Waals surface area contributed by atoms with E-state index in [1.807, 2.05) is 31.4 Å². The fourth-order valence-electron chi connectivity index (χ4n) is 3.12. The van der Waals surface area contributed by atoms with E-state index in [1.165, 1.54) is 5.39 Å². The Morgan fingerprint density at radius 1 is 1.04 bits per heavy atom. The van der Waals surface area contributed by atoms with Crippen LogP contribution >= 0.6 is 11.8 Å². The first-order chi connectivity index (χ1) is 11.6. The molecule has 24 heavy (non-hydrogen) atoms. The van der Waals surface area contributed by atoms with Gasteiger partial charge in [-0.3, -0.25) is 9.59 Å². The van der Waals surface area contributed by atoms with Crippen molar-refractivity contribution in [1.82, 2.24) is 10.6 Å². The molecule has 2 amide bonds. The van der Waals surface area contributed by atoms with Gasteiger partial charge in [-0.1, -0.05) is 49.4 Å². The molecule has 0 saturated carbocycles. The van der Waals surface area contributed by atoms with Crippen molar-refractivity contribution in [3.8, 4) is 0 Å². The van der Waals surface area contributed by atoms with Crippen LogP contribution in [-0.2, 0) is 9.59 Å². The molecule has 2 N–H and O–H groups in total. The van der Waals surface area contributed by atoms with E-state index >= 15 is 0 Å². The third-order valence-electron chi connectivity index (χ3n) is 4.62. The Balaban J connectivity index is 1.77. The number of hydrogen-bond acceptors (Lipinski definition) is 3. The van der Waals surface area contributed by atoms with Gasteiger partial charge in [0.05, 0.1) is 0 Å². The van der Waals surface area contributed by atoms with Crippen molar-refractivity contribution in [3.63, 3.8) is 0 Å². The second-order valence-corrected chi connectivity index (χ2v) is 7.21. The molecule has 3 rings (SSSR count). The third-order valence-corrected chi connectivity index (χ3v) is 5.27. The van der Waals surface area contributed by atoms with E-state index in [2.05, 4.69) is 34.9 Å². The van der Waals surface area contributed by atoms with Gasteiger partial charge >= 0.3 is 0 Å². The van der Waals surface area contributed by atoms with Crippen LogP contribution in [0.25, 0.3) is 10.8 Å². The molecule has 0 spiro atoms. The number of carbonyl (C=O) groups is 2. The summed E-state index contributed by atoms with van der Waals surface area (Å²) in [4.78, 5) is 24.7. The van der Waals surface area contributed by atoms with Crippen molar-refractivity contribution in [2.45, 2.75) is 31.3 Å². The summed E-state index contributed by atoms with van der Waals surface area (Å²) in [5, 5.41) is 8.10. The largest absolute Gasteiger partial charge is 0.342 e. The molecule has 0 aliphatic carbocycles. The first-order valence-electron chi connectivity index (χ1n) is 8.18. The molecule has 0 radical (unpaired) electrons. The molecule has 5 heteroatoms. The average Bonchev–Trinajstić information content (AvgIpc) is 2.61. The van der Waals surface area contributed by atoms with Gasteiger partial charge in [0.1, 0.15) is 12.1 Å². The highest BCUT2D eigenvalue weighted by Crippen LogP contribution is 2.25. The summed E-state index contributed by atoms with van der Waals surface area (Å²) in [7, 11) is 0. The van der Waals surface area contributed by atoms with Gasteiger partial charge in [-0.2, -0.15) is 11.8 Å². The quantitative estimate of drug-likeness (QED) is 0.878. The minimum absolute atomic E-state index is 0.0821. The Kier molecular flexibility index (Phi) is 5.09. The maximum absolute atomic E-state index is 12.5. The minimum atomic E-state index is -0.524. The Morgan fingerprint density at radius 3 is 2.54 bits per heavy atom. The Bertz CT molecular complexity index is 762. The van der Waals surface area contributed by atoms with Gasteiger partial charge in [-0.25, -0.2) is 0 Å². The van der Waals surface area contributed by atoms with Crippen LogP contribution in [-0.4, -0.2) is 35.9 Å². The predicted molar refractivity (Wildman–Crippen MR) is 99.2 cm³/mol. The Labute approximate surface area is 146 Å². The molecule has 126 valence electrons. The summed E-state index contributed by atoms with van der Waals surface area (Å²) in [6, 6.07) is 13.4. The van der Waals surface area contributed by atoms with Crippen molar-refractivity contribution in [3.05, 3.63) is 48.0 Å². The molecule has 0 aromatic heterocycles. The lowest BCUT2D eigenvalue weighted by Crippen LogP contribution is -2.63. The van der Waals surface area contributed by atoms with Crippen LogP contribution in [0.15, 0.2) is 42.5 Å². The van der Waals surface area contributed by atoms with Gasteiger partial charge in [0.25, 0.3) is 0 Å². The summed E-state index contributed by atoms with van der Waals surface area (Å²) in [6.45, 7) is 1.98. The van der Waals surface area contributed by atoms with Crippen molar-refractivity contribution < 1.29 is 9.59 Å². The zero-order valence-corrected chi connectivity index (χ0v) is 14.7. The second-order valence-electron chi connectivity index (χ2n) is 6.22. The molecule has 1 aliphatic rings. The standard InChI is InChI=1S/C19H22N2O2S/c1-12(14-8-7-13-5-3-4-6-15(13)11-14)17-19(23)20-16(9-10-24-2)18(22)21-17/h3-8,11-12,16-17H,9-10H2,1-2H3,(H,20,23)(H,21,22)/t12-,16+,17+/m0/s1. The van der Waals surface area contributed by atoms with Gasteiger partial charge in [0, 0.05) is 5.92 Å². The molecule has 0 bridgehead atoms. The van der Waals surface area contributed by atoms with Crippen LogP contribution in [0.1, 0.15) is 24.8 Å². The average molecular weight is 342 g/mol. The molecule has 1 saturated heterocycles. The summed E-state index contributed by atoms with van der Waals surface area (Å²) in [6.07, 6.45) is 2.66.